The van der Waals surface area contributed by atoms with E-state index in [0.29, 0.717) is 18.2 Å². The van der Waals surface area contributed by atoms with Crippen LogP contribution in [0.5, 0.6) is 0 Å². The Kier molecular flexibility index (Phi) is 3.82. The minimum absolute atomic E-state index is 0.354. The Hall–Kier alpha value is -1.32. The molecule has 0 aliphatic heterocycles. The first-order valence-electron chi connectivity index (χ1n) is 6.43. The van der Waals surface area contributed by atoms with Crippen LogP contribution in [-0.2, 0) is 17.6 Å². The first-order valence-corrected chi connectivity index (χ1v) is 6.43. The van der Waals surface area contributed by atoms with Gasteiger partial charge in [-0.25, -0.2) is 0 Å². The average molecular weight is 235 g/mol. The summed E-state index contributed by atoms with van der Waals surface area (Å²) in [5, 5.41) is 15.2. The van der Waals surface area contributed by atoms with Gasteiger partial charge in [-0.05, 0) is 31.2 Å². The summed E-state index contributed by atoms with van der Waals surface area (Å²) in [6.07, 6.45) is 6.38. The number of rotatable bonds is 5. The molecular weight excluding hydrogens is 214 g/mol. The van der Waals surface area contributed by atoms with Gasteiger partial charge in [0.25, 0.3) is 0 Å². The topological polar surface area (TPSA) is 61.8 Å². The number of nitrogens with zero attached hydrogens (tertiary/aromatic N) is 1. The third-order valence-corrected chi connectivity index (χ3v) is 3.68. The van der Waals surface area contributed by atoms with Crippen molar-refractivity contribution >= 4 is 5.90 Å². The molecule has 1 saturated carbocycles. The van der Waals surface area contributed by atoms with Crippen LogP contribution in [0.15, 0.2) is 0 Å². The van der Waals surface area contributed by atoms with E-state index in [-0.39, 0.29) is 0 Å². The van der Waals surface area contributed by atoms with Gasteiger partial charge in [-0.2, -0.15) is 5.10 Å². The van der Waals surface area contributed by atoms with Gasteiger partial charge in [-0.3, -0.25) is 10.5 Å². The van der Waals surface area contributed by atoms with Gasteiger partial charge in [0, 0.05) is 18.0 Å². The van der Waals surface area contributed by atoms with Crippen molar-refractivity contribution < 1.29 is 4.74 Å². The van der Waals surface area contributed by atoms with Crippen molar-refractivity contribution in [1.82, 2.24) is 10.2 Å². The highest BCUT2D eigenvalue weighted by molar-refractivity contribution is 5.72. The van der Waals surface area contributed by atoms with Gasteiger partial charge in [0.05, 0.1) is 12.8 Å². The van der Waals surface area contributed by atoms with Crippen LogP contribution in [0.2, 0.25) is 0 Å². The summed E-state index contributed by atoms with van der Waals surface area (Å²) in [6, 6.07) is 0. The van der Waals surface area contributed by atoms with Crippen molar-refractivity contribution in [2.75, 3.05) is 7.11 Å². The van der Waals surface area contributed by atoms with Crippen LogP contribution >= 0.6 is 0 Å². The molecular formula is C13H21N3O. The van der Waals surface area contributed by atoms with Gasteiger partial charge in [-0.1, -0.05) is 13.3 Å². The summed E-state index contributed by atoms with van der Waals surface area (Å²) in [4.78, 5) is 0. The van der Waals surface area contributed by atoms with Crippen molar-refractivity contribution in [3.05, 3.63) is 17.0 Å². The molecule has 2 rings (SSSR count). The van der Waals surface area contributed by atoms with E-state index in [1.807, 2.05) is 0 Å². The van der Waals surface area contributed by atoms with E-state index in [9.17, 15) is 0 Å². The minimum atomic E-state index is 0.354. The molecule has 1 aromatic heterocycles. The number of aromatic nitrogens is 2. The molecule has 0 radical (unpaired) electrons. The van der Waals surface area contributed by atoms with Gasteiger partial charge in [0.2, 0.25) is 0 Å². The summed E-state index contributed by atoms with van der Waals surface area (Å²) in [7, 11) is 1.56. The Balaban J connectivity index is 2.11. The van der Waals surface area contributed by atoms with E-state index >= 15 is 0 Å². The quantitative estimate of drug-likeness (QED) is 0.609. The number of hydrogen-bond donors (Lipinski definition) is 2. The van der Waals surface area contributed by atoms with E-state index in [0.717, 1.165) is 12.8 Å². The first-order chi connectivity index (χ1) is 8.26. The SMILES string of the molecule is CCc1[nH]nc(C2CCC2)c1CCC(=N)OC. The molecule has 4 nitrogen and oxygen atoms in total. The van der Waals surface area contributed by atoms with E-state index in [1.54, 1.807) is 7.11 Å². The monoisotopic (exact) mass is 235 g/mol. The molecule has 0 spiro atoms. The largest absolute Gasteiger partial charge is 0.484 e. The molecule has 0 atom stereocenters. The maximum Gasteiger partial charge on any atom is 0.180 e. The molecule has 0 aromatic carbocycles. The second kappa shape index (κ2) is 5.34. The average Bonchev–Trinajstić information content (AvgIpc) is 2.66. The number of methoxy groups -OCH3 is 1. The highest BCUT2D eigenvalue weighted by Crippen LogP contribution is 2.38. The van der Waals surface area contributed by atoms with E-state index in [4.69, 9.17) is 10.1 Å². The molecule has 1 fully saturated rings. The molecule has 17 heavy (non-hydrogen) atoms. The van der Waals surface area contributed by atoms with E-state index in [1.165, 1.54) is 36.2 Å². The summed E-state index contributed by atoms with van der Waals surface area (Å²) >= 11 is 0. The maximum atomic E-state index is 7.55. The number of aryl methyl sites for hydroxylation is 1. The highest BCUT2D eigenvalue weighted by Gasteiger charge is 2.26. The molecule has 1 aliphatic carbocycles. The normalized spacial score (nSPS) is 15.6. The highest BCUT2D eigenvalue weighted by atomic mass is 16.5. The first kappa shape index (κ1) is 12.1. The second-order valence-electron chi connectivity index (χ2n) is 4.67. The van der Waals surface area contributed by atoms with Crippen molar-refractivity contribution in [3.63, 3.8) is 0 Å². The van der Waals surface area contributed by atoms with Crippen LogP contribution in [0.1, 0.15) is 55.5 Å². The zero-order chi connectivity index (χ0) is 12.3. The Labute approximate surface area is 102 Å². The lowest BCUT2D eigenvalue weighted by atomic mass is 9.80. The van der Waals surface area contributed by atoms with Gasteiger partial charge in [0.1, 0.15) is 0 Å². The number of aromatic amines is 1. The van der Waals surface area contributed by atoms with E-state index in [2.05, 4.69) is 17.1 Å². The summed E-state index contributed by atoms with van der Waals surface area (Å²) < 4.78 is 4.92. The minimum Gasteiger partial charge on any atom is -0.484 e. The van der Waals surface area contributed by atoms with Gasteiger partial charge < -0.3 is 4.74 Å². The maximum absolute atomic E-state index is 7.55. The zero-order valence-corrected chi connectivity index (χ0v) is 10.7. The molecule has 0 bridgehead atoms. The Bertz CT molecular complexity index is 393. The summed E-state index contributed by atoms with van der Waals surface area (Å²) in [6.45, 7) is 2.14. The lowest BCUT2D eigenvalue weighted by Crippen LogP contribution is -2.12. The number of nitrogens with one attached hydrogen (secondary N) is 2. The Morgan fingerprint density at radius 3 is 2.82 bits per heavy atom. The van der Waals surface area contributed by atoms with Crippen LogP contribution in [-0.4, -0.2) is 23.2 Å². The molecule has 1 aliphatic rings. The number of hydrogen-bond acceptors (Lipinski definition) is 3. The van der Waals surface area contributed by atoms with Crippen LogP contribution in [0.4, 0.5) is 0 Å². The molecule has 0 unspecified atom stereocenters. The van der Waals surface area contributed by atoms with Crippen LogP contribution in [0.25, 0.3) is 0 Å². The van der Waals surface area contributed by atoms with Gasteiger partial charge in [0.15, 0.2) is 5.90 Å². The van der Waals surface area contributed by atoms with Crippen molar-refractivity contribution in [2.45, 2.75) is 51.4 Å². The van der Waals surface area contributed by atoms with Gasteiger partial charge >= 0.3 is 0 Å². The standard InChI is InChI=1S/C13H21N3O/c1-3-11-10(7-8-12(14)17-2)13(16-15-11)9-5-4-6-9/h9,14H,3-8H2,1-2H3,(H,15,16). The fraction of sp³-hybridized carbons (Fsp3) is 0.692. The molecule has 2 N–H and O–H groups in total. The molecule has 0 saturated heterocycles. The Morgan fingerprint density at radius 1 is 1.53 bits per heavy atom. The molecule has 94 valence electrons. The second-order valence-corrected chi connectivity index (χ2v) is 4.67. The van der Waals surface area contributed by atoms with Crippen LogP contribution in [0, 0.1) is 5.41 Å². The molecule has 0 amide bonds. The predicted molar refractivity (Wildman–Crippen MR) is 67.6 cm³/mol. The lowest BCUT2D eigenvalue weighted by molar-refractivity contribution is 0.385. The number of ether oxygens (including phenoxy) is 1. The van der Waals surface area contributed by atoms with Gasteiger partial charge in [-0.15, -0.1) is 0 Å². The van der Waals surface area contributed by atoms with E-state index < -0.39 is 0 Å². The molecule has 1 heterocycles. The van der Waals surface area contributed by atoms with Crippen LogP contribution < -0.4 is 0 Å². The zero-order valence-electron chi connectivity index (χ0n) is 10.7. The smallest absolute Gasteiger partial charge is 0.180 e. The lowest BCUT2D eigenvalue weighted by Gasteiger charge is -2.24. The summed E-state index contributed by atoms with van der Waals surface area (Å²) in [5.41, 5.74) is 3.81. The Morgan fingerprint density at radius 2 is 2.29 bits per heavy atom. The fourth-order valence-corrected chi connectivity index (χ4v) is 2.35. The number of H-pyrrole nitrogens is 1. The predicted octanol–water partition coefficient (Wildman–Crippen LogP) is 2.80. The third kappa shape index (κ3) is 2.51. The third-order valence-electron chi connectivity index (χ3n) is 3.68. The summed E-state index contributed by atoms with van der Waals surface area (Å²) in [5.74, 6) is 1.01. The fourth-order valence-electron chi connectivity index (χ4n) is 2.35. The van der Waals surface area contributed by atoms with Crippen molar-refractivity contribution in [3.8, 4) is 0 Å². The van der Waals surface area contributed by atoms with Crippen molar-refractivity contribution in [1.29, 1.82) is 5.41 Å². The molecule has 1 aromatic rings. The van der Waals surface area contributed by atoms with Crippen molar-refractivity contribution in [2.24, 2.45) is 0 Å². The molecule has 4 heteroatoms. The van der Waals surface area contributed by atoms with Crippen LogP contribution in [0.3, 0.4) is 0 Å².